The van der Waals surface area contributed by atoms with Gasteiger partial charge in [0.15, 0.2) is 0 Å². The van der Waals surface area contributed by atoms with Crippen molar-refractivity contribution in [2.24, 2.45) is 11.7 Å². The summed E-state index contributed by atoms with van der Waals surface area (Å²) in [6.45, 7) is -0.391. The van der Waals surface area contributed by atoms with E-state index < -0.39 is 19.0 Å². The predicted molar refractivity (Wildman–Crippen MR) is 57.8 cm³/mol. The van der Waals surface area contributed by atoms with Crippen LogP contribution in [0.3, 0.4) is 0 Å². The van der Waals surface area contributed by atoms with E-state index >= 15 is 0 Å². The van der Waals surface area contributed by atoms with Crippen LogP contribution in [0.4, 0.5) is 8.78 Å². The van der Waals surface area contributed by atoms with Gasteiger partial charge in [-0.15, -0.1) is 12.4 Å². The number of hydrogen-bond donors (Lipinski definition) is 2. The average molecular weight is 259 g/mol. The van der Waals surface area contributed by atoms with Gasteiger partial charge in [0.05, 0.1) is 13.1 Å². The maximum atomic E-state index is 12.7. The summed E-state index contributed by atoms with van der Waals surface area (Å²) in [5.74, 6) is -3.54. The van der Waals surface area contributed by atoms with Crippen LogP contribution < -0.4 is 11.1 Å². The van der Waals surface area contributed by atoms with Crippen LogP contribution >= 0.6 is 12.4 Å². The first-order valence-corrected chi connectivity index (χ1v) is 4.98. The quantitative estimate of drug-likeness (QED) is 0.774. The third-order valence-electron chi connectivity index (χ3n) is 2.41. The minimum atomic E-state index is -3.01. The van der Waals surface area contributed by atoms with E-state index in [1.54, 1.807) is 0 Å². The van der Waals surface area contributed by atoms with Gasteiger partial charge in [-0.25, -0.2) is 8.78 Å². The summed E-state index contributed by atoms with van der Waals surface area (Å²) in [5, 5.41) is 2.22. The molecule has 1 rings (SSSR count). The predicted octanol–water partition coefficient (Wildman–Crippen LogP) is 0.545. The molecule has 0 spiro atoms. The highest BCUT2D eigenvalue weighted by Gasteiger charge is 2.29. The first-order valence-electron chi connectivity index (χ1n) is 4.98. The molecule has 1 aliphatic rings. The van der Waals surface area contributed by atoms with Crippen LogP contribution in [0.2, 0.25) is 0 Å². The number of nitrogens with one attached hydrogen (secondary N) is 1. The van der Waals surface area contributed by atoms with Gasteiger partial charge < -0.3 is 15.8 Å². The number of alkyl halides is 2. The van der Waals surface area contributed by atoms with Crippen LogP contribution in [0.15, 0.2) is 0 Å². The lowest BCUT2D eigenvalue weighted by Gasteiger charge is -2.22. The van der Waals surface area contributed by atoms with Crippen molar-refractivity contribution in [3.05, 3.63) is 0 Å². The van der Waals surface area contributed by atoms with E-state index in [-0.39, 0.29) is 24.2 Å². The van der Waals surface area contributed by atoms with Crippen LogP contribution in [0.1, 0.15) is 12.8 Å². The molecule has 0 bridgehead atoms. The molecule has 1 aliphatic heterocycles. The van der Waals surface area contributed by atoms with Crippen molar-refractivity contribution in [3.63, 3.8) is 0 Å². The fraction of sp³-hybridized carbons (Fsp3) is 0.889. The first kappa shape index (κ1) is 15.5. The molecule has 0 aromatic carbocycles. The lowest BCUT2D eigenvalue weighted by molar-refractivity contribution is -0.129. The molecule has 0 aliphatic carbocycles. The van der Waals surface area contributed by atoms with Crippen molar-refractivity contribution < 1.29 is 18.3 Å². The molecule has 1 fully saturated rings. The van der Waals surface area contributed by atoms with Gasteiger partial charge >= 0.3 is 0 Å². The van der Waals surface area contributed by atoms with E-state index in [2.05, 4.69) is 5.32 Å². The molecular weight excluding hydrogens is 242 g/mol. The van der Waals surface area contributed by atoms with Gasteiger partial charge in [0, 0.05) is 19.1 Å². The van der Waals surface area contributed by atoms with Gasteiger partial charge in [-0.05, 0) is 12.8 Å². The number of nitrogens with two attached hydrogens (primary N) is 1. The fourth-order valence-corrected chi connectivity index (χ4v) is 1.39. The Hall–Kier alpha value is -0.460. The lowest BCUT2D eigenvalue weighted by atomic mass is 9.99. The van der Waals surface area contributed by atoms with Crippen LogP contribution in [0, 0.1) is 5.92 Å². The Morgan fingerprint density at radius 1 is 1.44 bits per heavy atom. The molecule has 0 aromatic heterocycles. The third kappa shape index (κ3) is 5.05. The van der Waals surface area contributed by atoms with Crippen molar-refractivity contribution in [2.45, 2.75) is 18.8 Å². The molecule has 1 heterocycles. The standard InChI is InChI=1S/C9H16F2N2O2.ClH/c10-9(11,5-12)6-13-8(14)7-1-3-15-4-2-7;/h7H,1-6,12H2,(H,13,14);1H. The summed E-state index contributed by atoms with van der Waals surface area (Å²) < 4.78 is 30.5. The molecule has 0 saturated carbocycles. The van der Waals surface area contributed by atoms with Crippen molar-refractivity contribution in [3.8, 4) is 0 Å². The Bertz CT molecular complexity index is 224. The summed E-state index contributed by atoms with van der Waals surface area (Å²) in [6.07, 6.45) is 1.19. The molecular formula is C9H17ClF2N2O2. The molecule has 0 unspecified atom stereocenters. The minimum absolute atomic E-state index is 0. The molecule has 0 radical (unpaired) electrons. The number of carbonyl (C=O) groups excluding carboxylic acids is 1. The molecule has 4 nitrogen and oxygen atoms in total. The maximum Gasteiger partial charge on any atom is 0.277 e. The highest BCUT2D eigenvalue weighted by Crippen LogP contribution is 2.15. The first-order chi connectivity index (χ1) is 7.05. The Morgan fingerprint density at radius 3 is 2.50 bits per heavy atom. The second-order valence-corrected chi connectivity index (χ2v) is 3.66. The summed E-state index contributed by atoms with van der Waals surface area (Å²) in [5.41, 5.74) is 4.85. The Kier molecular flexibility index (Phi) is 6.78. The smallest absolute Gasteiger partial charge is 0.277 e. The summed E-state index contributed by atoms with van der Waals surface area (Å²) >= 11 is 0. The van der Waals surface area contributed by atoms with Gasteiger partial charge in [-0.1, -0.05) is 0 Å². The Labute approximate surface area is 99.3 Å². The van der Waals surface area contributed by atoms with Crippen molar-refractivity contribution in [1.82, 2.24) is 5.32 Å². The van der Waals surface area contributed by atoms with Gasteiger partial charge in [0.25, 0.3) is 5.92 Å². The topological polar surface area (TPSA) is 64.3 Å². The number of carbonyl (C=O) groups is 1. The van der Waals surface area contributed by atoms with Gasteiger partial charge in [0.1, 0.15) is 0 Å². The third-order valence-corrected chi connectivity index (χ3v) is 2.41. The number of amides is 1. The fourth-order valence-electron chi connectivity index (χ4n) is 1.39. The van der Waals surface area contributed by atoms with E-state index in [9.17, 15) is 13.6 Å². The summed E-state index contributed by atoms with van der Waals surface area (Å²) in [6, 6.07) is 0. The van der Waals surface area contributed by atoms with Crippen LogP contribution in [0.25, 0.3) is 0 Å². The second kappa shape index (κ2) is 6.98. The lowest BCUT2D eigenvalue weighted by Crippen LogP contribution is -2.44. The highest BCUT2D eigenvalue weighted by atomic mass is 35.5. The number of rotatable bonds is 4. The highest BCUT2D eigenvalue weighted by molar-refractivity contribution is 5.85. The zero-order valence-electron chi connectivity index (χ0n) is 8.88. The minimum Gasteiger partial charge on any atom is -0.381 e. The maximum absolute atomic E-state index is 12.7. The average Bonchev–Trinajstić information content (AvgIpc) is 2.27. The number of ether oxygens (including phenoxy) is 1. The monoisotopic (exact) mass is 258 g/mol. The van der Waals surface area contributed by atoms with Crippen LogP contribution in [0.5, 0.6) is 0 Å². The molecule has 0 atom stereocenters. The molecule has 0 aromatic rings. The van der Waals surface area contributed by atoms with Crippen molar-refractivity contribution in [1.29, 1.82) is 0 Å². The second-order valence-electron chi connectivity index (χ2n) is 3.66. The molecule has 16 heavy (non-hydrogen) atoms. The Morgan fingerprint density at radius 2 is 2.00 bits per heavy atom. The molecule has 3 N–H and O–H groups in total. The molecule has 1 amide bonds. The largest absolute Gasteiger partial charge is 0.381 e. The Balaban J connectivity index is 0.00000225. The van der Waals surface area contributed by atoms with Crippen LogP contribution in [-0.2, 0) is 9.53 Å². The SMILES string of the molecule is Cl.NCC(F)(F)CNC(=O)C1CCOCC1. The van der Waals surface area contributed by atoms with E-state index in [1.807, 2.05) is 0 Å². The zero-order chi connectivity index (χ0) is 11.3. The van der Waals surface area contributed by atoms with Crippen molar-refractivity contribution >= 4 is 18.3 Å². The van der Waals surface area contributed by atoms with E-state index in [0.29, 0.717) is 26.1 Å². The number of hydrogen-bond acceptors (Lipinski definition) is 3. The number of halogens is 3. The van der Waals surface area contributed by atoms with Crippen molar-refractivity contribution in [2.75, 3.05) is 26.3 Å². The van der Waals surface area contributed by atoms with E-state index in [0.717, 1.165) is 0 Å². The van der Waals surface area contributed by atoms with E-state index in [1.165, 1.54) is 0 Å². The normalized spacial score (nSPS) is 17.7. The van der Waals surface area contributed by atoms with Crippen LogP contribution in [-0.4, -0.2) is 38.1 Å². The molecule has 96 valence electrons. The van der Waals surface area contributed by atoms with Gasteiger partial charge in [-0.2, -0.15) is 0 Å². The molecule has 1 saturated heterocycles. The molecule has 7 heteroatoms. The zero-order valence-corrected chi connectivity index (χ0v) is 9.69. The van der Waals surface area contributed by atoms with Gasteiger partial charge in [-0.3, -0.25) is 4.79 Å². The summed E-state index contributed by atoms with van der Waals surface area (Å²) in [4.78, 5) is 11.4. The summed E-state index contributed by atoms with van der Waals surface area (Å²) in [7, 11) is 0. The van der Waals surface area contributed by atoms with E-state index in [4.69, 9.17) is 10.5 Å². The van der Waals surface area contributed by atoms with Gasteiger partial charge in [0.2, 0.25) is 5.91 Å².